The molecule has 0 unspecified atom stereocenters. The molecule has 0 saturated carbocycles. The van der Waals surface area contributed by atoms with Gasteiger partial charge in [-0.3, -0.25) is 14.4 Å². The lowest BCUT2D eigenvalue weighted by atomic mass is 10.0. The van der Waals surface area contributed by atoms with E-state index < -0.39 is 23.3 Å². The molecule has 0 aromatic carbocycles. The van der Waals surface area contributed by atoms with Crippen LogP contribution in [-0.4, -0.2) is 33.2 Å². The van der Waals surface area contributed by atoms with E-state index in [2.05, 4.69) is 5.10 Å². The predicted octanol–water partition coefficient (Wildman–Crippen LogP) is 1.13. The average molecular weight is 278 g/mol. The van der Waals surface area contributed by atoms with Crippen molar-refractivity contribution >= 4 is 5.91 Å². The molecule has 0 spiro atoms. The van der Waals surface area contributed by atoms with Crippen LogP contribution in [0.3, 0.4) is 0 Å². The van der Waals surface area contributed by atoms with Crippen LogP contribution in [0.2, 0.25) is 0 Å². The molecule has 0 aliphatic heterocycles. The highest BCUT2D eigenvalue weighted by molar-refractivity contribution is 5.83. The molecule has 0 bridgehead atoms. The first kappa shape index (κ1) is 15.5. The van der Waals surface area contributed by atoms with Gasteiger partial charge in [-0.2, -0.15) is 18.3 Å². The highest BCUT2D eigenvalue weighted by Crippen LogP contribution is 2.29. The highest BCUT2D eigenvalue weighted by atomic mass is 19.4. The molecule has 19 heavy (non-hydrogen) atoms. The Balaban J connectivity index is 2.95. The van der Waals surface area contributed by atoms with E-state index in [9.17, 15) is 18.0 Å². The highest BCUT2D eigenvalue weighted by Gasteiger charge is 2.35. The molecule has 5 nitrogen and oxygen atoms in total. The minimum Gasteiger partial charge on any atom is -0.368 e. The number of amides is 1. The Labute approximate surface area is 109 Å². The van der Waals surface area contributed by atoms with Crippen LogP contribution in [0.15, 0.2) is 6.07 Å². The number of aryl methyl sites for hydroxylation is 1. The Bertz CT molecular complexity index is 479. The zero-order valence-corrected chi connectivity index (χ0v) is 11.2. The fourth-order valence-electron chi connectivity index (χ4n) is 1.42. The van der Waals surface area contributed by atoms with Gasteiger partial charge in [-0.15, -0.1) is 0 Å². The van der Waals surface area contributed by atoms with Gasteiger partial charge < -0.3 is 5.73 Å². The molecule has 1 rings (SSSR count). The Morgan fingerprint density at radius 2 is 2.00 bits per heavy atom. The predicted molar refractivity (Wildman–Crippen MR) is 63.0 cm³/mol. The molecule has 108 valence electrons. The van der Waals surface area contributed by atoms with E-state index >= 15 is 0 Å². The molecular formula is C11H17F3N4O. The second-order valence-electron chi connectivity index (χ2n) is 4.92. The standard InChI is InChI=1S/C11H17F3N4O/c1-10(2,9(15)19)17(3)6-7-5-8(11(12,13)14)16-18(7)4/h5H,6H2,1-4H3,(H2,15,19). The van der Waals surface area contributed by atoms with Crippen molar-refractivity contribution in [1.29, 1.82) is 0 Å². The molecule has 1 aromatic rings. The van der Waals surface area contributed by atoms with Gasteiger partial charge in [0, 0.05) is 13.6 Å². The largest absolute Gasteiger partial charge is 0.435 e. The van der Waals surface area contributed by atoms with Gasteiger partial charge in [-0.1, -0.05) is 0 Å². The number of alkyl halides is 3. The third-order valence-electron chi connectivity index (χ3n) is 3.22. The van der Waals surface area contributed by atoms with E-state index in [1.165, 1.54) is 7.05 Å². The molecule has 0 radical (unpaired) electrons. The second kappa shape index (κ2) is 4.84. The van der Waals surface area contributed by atoms with Gasteiger partial charge in [-0.05, 0) is 27.0 Å². The van der Waals surface area contributed by atoms with Crippen molar-refractivity contribution in [3.63, 3.8) is 0 Å². The number of halogens is 3. The molecule has 2 N–H and O–H groups in total. The van der Waals surface area contributed by atoms with Crippen LogP contribution in [0.1, 0.15) is 25.2 Å². The second-order valence-corrected chi connectivity index (χ2v) is 4.92. The maximum atomic E-state index is 12.5. The van der Waals surface area contributed by atoms with Crippen LogP contribution in [0.5, 0.6) is 0 Å². The summed E-state index contributed by atoms with van der Waals surface area (Å²) in [6.45, 7) is 3.35. The molecule has 0 atom stereocenters. The molecule has 0 aliphatic rings. The number of hydrogen-bond acceptors (Lipinski definition) is 3. The topological polar surface area (TPSA) is 64.2 Å². The van der Waals surface area contributed by atoms with Crippen LogP contribution in [0, 0.1) is 0 Å². The van der Waals surface area contributed by atoms with Crippen molar-refractivity contribution in [1.82, 2.24) is 14.7 Å². The number of nitrogens with two attached hydrogens (primary N) is 1. The van der Waals surface area contributed by atoms with Crippen molar-refractivity contribution in [3.05, 3.63) is 17.5 Å². The van der Waals surface area contributed by atoms with Crippen LogP contribution in [0.4, 0.5) is 13.2 Å². The lowest BCUT2D eigenvalue weighted by molar-refractivity contribution is -0.141. The van der Waals surface area contributed by atoms with Crippen molar-refractivity contribution in [2.75, 3.05) is 7.05 Å². The van der Waals surface area contributed by atoms with E-state index in [1.54, 1.807) is 25.8 Å². The maximum absolute atomic E-state index is 12.5. The fraction of sp³-hybridized carbons (Fsp3) is 0.636. The zero-order valence-electron chi connectivity index (χ0n) is 11.2. The quantitative estimate of drug-likeness (QED) is 0.898. The van der Waals surface area contributed by atoms with E-state index in [0.717, 1.165) is 10.7 Å². The van der Waals surface area contributed by atoms with Crippen molar-refractivity contribution in [2.45, 2.75) is 32.1 Å². The number of carbonyl (C=O) groups excluding carboxylic acids is 1. The van der Waals surface area contributed by atoms with E-state index in [4.69, 9.17) is 5.73 Å². The van der Waals surface area contributed by atoms with Crippen LogP contribution < -0.4 is 5.73 Å². The lowest BCUT2D eigenvalue weighted by Crippen LogP contribution is -2.51. The van der Waals surface area contributed by atoms with E-state index in [1.807, 2.05) is 0 Å². The van der Waals surface area contributed by atoms with Crippen molar-refractivity contribution in [3.8, 4) is 0 Å². The molecule has 1 heterocycles. The number of aromatic nitrogens is 2. The summed E-state index contributed by atoms with van der Waals surface area (Å²) in [4.78, 5) is 12.9. The zero-order chi connectivity index (χ0) is 15.0. The van der Waals surface area contributed by atoms with Gasteiger partial charge in [0.05, 0.1) is 11.2 Å². The van der Waals surface area contributed by atoms with Crippen LogP contribution >= 0.6 is 0 Å². The van der Waals surface area contributed by atoms with Crippen LogP contribution in [-0.2, 0) is 24.6 Å². The summed E-state index contributed by atoms with van der Waals surface area (Å²) in [5, 5.41) is 3.41. The lowest BCUT2D eigenvalue weighted by Gasteiger charge is -2.32. The summed E-state index contributed by atoms with van der Waals surface area (Å²) >= 11 is 0. The molecule has 8 heteroatoms. The maximum Gasteiger partial charge on any atom is 0.435 e. The SMILES string of the molecule is CN(Cc1cc(C(F)(F)F)nn1C)C(C)(C)C(N)=O. The monoisotopic (exact) mass is 278 g/mol. The Hall–Kier alpha value is -1.57. The van der Waals surface area contributed by atoms with Gasteiger partial charge in [0.25, 0.3) is 0 Å². The Kier molecular flexibility index (Phi) is 3.94. The molecule has 1 aromatic heterocycles. The number of primary amides is 1. The summed E-state index contributed by atoms with van der Waals surface area (Å²) in [6, 6.07) is 0.966. The summed E-state index contributed by atoms with van der Waals surface area (Å²) in [5.41, 5.74) is 3.70. The summed E-state index contributed by atoms with van der Waals surface area (Å²) in [5.74, 6) is -0.548. The van der Waals surface area contributed by atoms with Gasteiger partial charge >= 0.3 is 6.18 Å². The van der Waals surface area contributed by atoms with E-state index in [-0.39, 0.29) is 6.54 Å². The molecule has 0 saturated heterocycles. The smallest absolute Gasteiger partial charge is 0.368 e. The number of nitrogens with zero attached hydrogens (tertiary/aromatic N) is 3. The molecular weight excluding hydrogens is 261 g/mol. The number of carbonyl (C=O) groups is 1. The fourth-order valence-corrected chi connectivity index (χ4v) is 1.42. The van der Waals surface area contributed by atoms with Crippen molar-refractivity contribution in [2.24, 2.45) is 12.8 Å². The average Bonchev–Trinajstić information content (AvgIpc) is 2.59. The van der Waals surface area contributed by atoms with E-state index in [0.29, 0.717) is 5.69 Å². The van der Waals surface area contributed by atoms with Crippen LogP contribution in [0.25, 0.3) is 0 Å². The van der Waals surface area contributed by atoms with Gasteiger partial charge in [-0.25, -0.2) is 0 Å². The third kappa shape index (κ3) is 3.25. The minimum absolute atomic E-state index is 0.134. The minimum atomic E-state index is -4.48. The van der Waals surface area contributed by atoms with Gasteiger partial charge in [0.15, 0.2) is 5.69 Å². The number of likely N-dealkylation sites (N-methyl/N-ethyl adjacent to an activating group) is 1. The summed E-state index contributed by atoms with van der Waals surface area (Å²) < 4.78 is 38.7. The summed E-state index contributed by atoms with van der Waals surface area (Å²) in [7, 11) is 3.04. The normalized spacial score (nSPS) is 13.1. The first-order valence-corrected chi connectivity index (χ1v) is 5.57. The molecule has 1 amide bonds. The number of rotatable bonds is 4. The third-order valence-corrected chi connectivity index (χ3v) is 3.22. The summed E-state index contributed by atoms with van der Waals surface area (Å²) in [6.07, 6.45) is -4.48. The van der Waals surface area contributed by atoms with Gasteiger partial charge in [0.1, 0.15) is 0 Å². The van der Waals surface area contributed by atoms with Crippen molar-refractivity contribution < 1.29 is 18.0 Å². The Morgan fingerprint density at radius 3 is 2.37 bits per heavy atom. The first-order valence-electron chi connectivity index (χ1n) is 5.57. The first-order chi connectivity index (χ1) is 8.46. The number of hydrogen-bond donors (Lipinski definition) is 1. The Morgan fingerprint density at radius 1 is 1.47 bits per heavy atom. The molecule has 0 fully saturated rings. The molecule has 0 aliphatic carbocycles. The van der Waals surface area contributed by atoms with Gasteiger partial charge in [0.2, 0.25) is 5.91 Å².